The minimum absolute atomic E-state index is 0.0527. The van der Waals surface area contributed by atoms with Gasteiger partial charge < -0.3 is 26.9 Å². The molecule has 120 valence electrons. The van der Waals surface area contributed by atoms with Crippen molar-refractivity contribution in [3.63, 3.8) is 0 Å². The highest BCUT2D eigenvalue weighted by molar-refractivity contribution is 5.96. The molecule has 1 aromatic carbocycles. The highest BCUT2D eigenvalue weighted by Gasteiger charge is 2.08. The number of carbonyl (C=O) groups excluding carboxylic acids is 1. The molecule has 8 nitrogen and oxygen atoms in total. The van der Waals surface area contributed by atoms with Gasteiger partial charge in [-0.05, 0) is 42.8 Å². The summed E-state index contributed by atoms with van der Waals surface area (Å²) < 4.78 is 5.16. The molecule has 1 heterocycles. The first-order valence-electron chi connectivity index (χ1n) is 6.80. The summed E-state index contributed by atoms with van der Waals surface area (Å²) in [5, 5.41) is 2.77. The van der Waals surface area contributed by atoms with Crippen LogP contribution >= 0.6 is 0 Å². The predicted molar refractivity (Wildman–Crippen MR) is 88.1 cm³/mol. The van der Waals surface area contributed by atoms with Gasteiger partial charge in [0, 0.05) is 5.56 Å². The van der Waals surface area contributed by atoms with E-state index in [0.29, 0.717) is 23.6 Å². The van der Waals surface area contributed by atoms with Gasteiger partial charge >= 0.3 is 0 Å². The highest BCUT2D eigenvalue weighted by Crippen LogP contribution is 2.20. The molecule has 0 bridgehead atoms. The van der Waals surface area contributed by atoms with E-state index in [4.69, 9.17) is 21.6 Å². The Balaban J connectivity index is 2.09. The van der Waals surface area contributed by atoms with Gasteiger partial charge in [0.2, 0.25) is 5.96 Å². The van der Waals surface area contributed by atoms with Crippen molar-refractivity contribution in [1.29, 1.82) is 0 Å². The Kier molecular flexibility index (Phi) is 4.98. The van der Waals surface area contributed by atoms with Gasteiger partial charge in [0.15, 0.2) is 5.96 Å². The van der Waals surface area contributed by atoms with Gasteiger partial charge in [-0.15, -0.1) is 0 Å². The van der Waals surface area contributed by atoms with Gasteiger partial charge in [-0.1, -0.05) is 0 Å². The first-order valence-corrected chi connectivity index (χ1v) is 6.80. The van der Waals surface area contributed by atoms with Crippen molar-refractivity contribution < 1.29 is 9.21 Å². The summed E-state index contributed by atoms with van der Waals surface area (Å²) in [6.45, 7) is 2.13. The predicted octanol–water partition coefficient (Wildman–Crippen LogP) is 0.738. The van der Waals surface area contributed by atoms with Gasteiger partial charge in [-0.2, -0.15) is 4.99 Å². The Bertz CT molecular complexity index is 745. The van der Waals surface area contributed by atoms with Gasteiger partial charge in [0.25, 0.3) is 5.91 Å². The smallest absolute Gasteiger partial charge is 0.251 e. The molecule has 1 aromatic heterocycles. The van der Waals surface area contributed by atoms with E-state index in [9.17, 15) is 4.79 Å². The van der Waals surface area contributed by atoms with Crippen molar-refractivity contribution in [2.45, 2.75) is 13.5 Å². The summed E-state index contributed by atoms with van der Waals surface area (Å²) in [5.74, 6) is 0.250. The normalized spacial score (nSPS) is 11.1. The van der Waals surface area contributed by atoms with Crippen molar-refractivity contribution in [1.82, 2.24) is 5.32 Å². The zero-order valence-corrected chi connectivity index (χ0v) is 12.6. The molecule has 0 radical (unpaired) electrons. The van der Waals surface area contributed by atoms with Crippen LogP contribution in [0.3, 0.4) is 0 Å². The van der Waals surface area contributed by atoms with Crippen molar-refractivity contribution in [3.8, 4) is 0 Å². The lowest BCUT2D eigenvalue weighted by Crippen LogP contribution is -2.26. The monoisotopic (exact) mass is 314 g/mol. The average molecular weight is 314 g/mol. The Morgan fingerprint density at radius 1 is 1.26 bits per heavy atom. The Labute approximate surface area is 133 Å². The van der Waals surface area contributed by atoms with Crippen LogP contribution in [0.4, 0.5) is 5.69 Å². The highest BCUT2D eigenvalue weighted by atomic mass is 16.3. The standard InChI is InChI=1S/C15H18N6O2/c1-9-7-10(13(22)19-8-11-3-2-6-23-11)4-5-12(9)20-15(18)21-14(16)17/h2-7H,8H2,1H3,(H,19,22)(H6,16,17,18,20,21). The Morgan fingerprint density at radius 2 is 2.04 bits per heavy atom. The van der Waals surface area contributed by atoms with Crippen LogP contribution in [0.5, 0.6) is 0 Å². The van der Waals surface area contributed by atoms with Crippen LogP contribution in [-0.2, 0) is 6.54 Å². The van der Waals surface area contributed by atoms with E-state index in [-0.39, 0.29) is 17.8 Å². The largest absolute Gasteiger partial charge is 0.467 e. The lowest BCUT2D eigenvalue weighted by molar-refractivity contribution is 0.0948. The number of aliphatic imine (C=N–C) groups is 2. The number of nitrogens with one attached hydrogen (secondary N) is 1. The molecule has 7 N–H and O–H groups in total. The zero-order chi connectivity index (χ0) is 16.8. The second-order valence-corrected chi connectivity index (χ2v) is 4.77. The molecule has 2 rings (SSSR count). The molecule has 1 amide bonds. The van der Waals surface area contributed by atoms with Crippen molar-refractivity contribution >= 4 is 23.5 Å². The zero-order valence-electron chi connectivity index (χ0n) is 12.6. The molecule has 0 fully saturated rings. The summed E-state index contributed by atoms with van der Waals surface area (Å²) >= 11 is 0. The number of aryl methyl sites for hydroxylation is 1. The number of carbonyl (C=O) groups is 1. The number of hydrogen-bond acceptors (Lipinski definition) is 3. The van der Waals surface area contributed by atoms with Gasteiger partial charge in [-0.3, -0.25) is 4.79 Å². The molecule has 0 aliphatic heterocycles. The third-order valence-corrected chi connectivity index (χ3v) is 2.94. The van der Waals surface area contributed by atoms with E-state index in [0.717, 1.165) is 5.56 Å². The number of amides is 1. The number of hydrogen-bond donors (Lipinski definition) is 4. The number of nitrogens with zero attached hydrogens (tertiary/aromatic N) is 2. The van der Waals surface area contributed by atoms with Crippen molar-refractivity contribution in [3.05, 3.63) is 53.5 Å². The molecule has 0 saturated heterocycles. The maximum atomic E-state index is 12.1. The van der Waals surface area contributed by atoms with E-state index in [1.807, 2.05) is 6.92 Å². The molecule has 8 heteroatoms. The lowest BCUT2D eigenvalue weighted by atomic mass is 10.1. The summed E-state index contributed by atoms with van der Waals surface area (Å²) in [4.78, 5) is 19.8. The van der Waals surface area contributed by atoms with Crippen LogP contribution in [0, 0.1) is 6.92 Å². The number of benzene rings is 1. The topological polar surface area (TPSA) is 145 Å². The summed E-state index contributed by atoms with van der Waals surface area (Å²) in [5.41, 5.74) is 17.9. The Morgan fingerprint density at radius 3 is 2.65 bits per heavy atom. The minimum atomic E-state index is -0.211. The van der Waals surface area contributed by atoms with Crippen LogP contribution in [-0.4, -0.2) is 17.8 Å². The Hall–Kier alpha value is -3.29. The van der Waals surface area contributed by atoms with Gasteiger partial charge in [-0.25, -0.2) is 4.99 Å². The average Bonchev–Trinajstić information content (AvgIpc) is 2.99. The fraction of sp³-hybridized carbons (Fsp3) is 0.133. The van der Waals surface area contributed by atoms with E-state index >= 15 is 0 Å². The molecule has 0 aliphatic rings. The maximum Gasteiger partial charge on any atom is 0.251 e. The maximum absolute atomic E-state index is 12.1. The first kappa shape index (κ1) is 16.1. The van der Waals surface area contributed by atoms with Crippen molar-refractivity contribution in [2.75, 3.05) is 0 Å². The summed E-state index contributed by atoms with van der Waals surface area (Å²) in [7, 11) is 0. The molecule has 0 aliphatic carbocycles. The van der Waals surface area contributed by atoms with E-state index in [2.05, 4.69) is 15.3 Å². The molecular formula is C15H18N6O2. The van der Waals surface area contributed by atoms with E-state index in [1.165, 1.54) is 0 Å². The van der Waals surface area contributed by atoms with Crippen LogP contribution in [0.1, 0.15) is 21.7 Å². The van der Waals surface area contributed by atoms with Crippen LogP contribution < -0.4 is 22.5 Å². The van der Waals surface area contributed by atoms with E-state index in [1.54, 1.807) is 36.6 Å². The lowest BCUT2D eigenvalue weighted by Gasteiger charge is -2.06. The van der Waals surface area contributed by atoms with Gasteiger partial charge in [0.1, 0.15) is 5.76 Å². The van der Waals surface area contributed by atoms with Gasteiger partial charge in [0.05, 0.1) is 18.5 Å². The van der Waals surface area contributed by atoms with E-state index < -0.39 is 0 Å². The van der Waals surface area contributed by atoms with Crippen molar-refractivity contribution in [2.24, 2.45) is 27.2 Å². The number of rotatable bonds is 4. The first-order chi connectivity index (χ1) is 11.0. The van der Waals surface area contributed by atoms with Crippen LogP contribution in [0.2, 0.25) is 0 Å². The third kappa shape index (κ3) is 4.60. The number of nitrogens with two attached hydrogens (primary N) is 3. The molecule has 0 atom stereocenters. The minimum Gasteiger partial charge on any atom is -0.467 e. The number of furan rings is 1. The fourth-order valence-electron chi connectivity index (χ4n) is 1.89. The molecule has 0 spiro atoms. The second-order valence-electron chi connectivity index (χ2n) is 4.77. The number of guanidine groups is 2. The molecule has 0 unspecified atom stereocenters. The summed E-state index contributed by atoms with van der Waals surface area (Å²) in [6, 6.07) is 8.58. The van der Waals surface area contributed by atoms with Crippen LogP contribution in [0.15, 0.2) is 51.0 Å². The fourth-order valence-corrected chi connectivity index (χ4v) is 1.89. The SMILES string of the molecule is Cc1cc(C(=O)NCc2ccco2)ccc1N=C(N)N=C(N)N. The van der Waals surface area contributed by atoms with Crippen LogP contribution in [0.25, 0.3) is 0 Å². The summed E-state index contributed by atoms with van der Waals surface area (Å²) in [6.07, 6.45) is 1.55. The second kappa shape index (κ2) is 7.12. The molecule has 2 aromatic rings. The quantitative estimate of drug-likeness (QED) is 0.485. The molecule has 23 heavy (non-hydrogen) atoms. The molecule has 0 saturated carbocycles. The third-order valence-electron chi connectivity index (χ3n) is 2.94. The molecular weight excluding hydrogens is 296 g/mol.